The Morgan fingerprint density at radius 3 is 2.70 bits per heavy atom. The van der Waals surface area contributed by atoms with Gasteiger partial charge in [-0.25, -0.2) is 13.4 Å². The summed E-state index contributed by atoms with van der Waals surface area (Å²) in [5.74, 6) is 5.16. The Morgan fingerprint density at radius 2 is 2.15 bits per heavy atom. The number of sulfonamides is 1. The van der Waals surface area contributed by atoms with Crippen molar-refractivity contribution in [3.05, 3.63) is 39.9 Å². The Bertz CT molecular complexity index is 729. The molecule has 0 amide bonds. The van der Waals surface area contributed by atoms with Crippen LogP contribution in [-0.2, 0) is 10.0 Å². The van der Waals surface area contributed by atoms with Gasteiger partial charge in [-0.2, -0.15) is 0 Å². The summed E-state index contributed by atoms with van der Waals surface area (Å²) in [6.07, 6.45) is 1.45. The highest BCUT2D eigenvalue weighted by molar-refractivity contribution is 7.93. The Balaban J connectivity index is 2.40. The van der Waals surface area contributed by atoms with Crippen LogP contribution in [0.15, 0.2) is 34.7 Å². The maximum absolute atomic E-state index is 12.1. The quantitative estimate of drug-likeness (QED) is 0.427. The van der Waals surface area contributed by atoms with Crippen molar-refractivity contribution in [2.45, 2.75) is 4.90 Å². The van der Waals surface area contributed by atoms with Crippen LogP contribution in [0.5, 0.6) is 0 Å². The summed E-state index contributed by atoms with van der Waals surface area (Å²) >= 11 is 1.11. The molecule has 2 aromatic rings. The molecule has 0 saturated heterocycles. The van der Waals surface area contributed by atoms with Crippen LogP contribution in [0, 0.1) is 10.1 Å². The molecule has 1 aromatic carbocycles. The van der Waals surface area contributed by atoms with Gasteiger partial charge in [-0.15, -0.1) is 11.3 Å². The van der Waals surface area contributed by atoms with Crippen LogP contribution in [0.25, 0.3) is 0 Å². The second kappa shape index (κ2) is 5.40. The molecule has 1 aromatic heterocycles. The molecule has 9 nitrogen and oxygen atoms in total. The molecule has 0 aliphatic rings. The smallest absolute Gasteiger partial charge is 0.293 e. The topological polar surface area (TPSA) is 140 Å². The van der Waals surface area contributed by atoms with E-state index in [-0.39, 0.29) is 21.4 Å². The van der Waals surface area contributed by atoms with E-state index >= 15 is 0 Å². The van der Waals surface area contributed by atoms with Gasteiger partial charge in [-0.05, 0) is 12.1 Å². The van der Waals surface area contributed by atoms with Crippen molar-refractivity contribution >= 4 is 37.9 Å². The van der Waals surface area contributed by atoms with Crippen LogP contribution in [0.4, 0.5) is 16.5 Å². The van der Waals surface area contributed by atoms with Gasteiger partial charge < -0.3 is 5.43 Å². The number of nitrogens with one attached hydrogen (secondary N) is 2. The summed E-state index contributed by atoms with van der Waals surface area (Å²) in [6, 6.07) is 3.26. The third-order valence-corrected chi connectivity index (χ3v) is 4.44. The van der Waals surface area contributed by atoms with Crippen LogP contribution in [0.3, 0.4) is 0 Å². The number of nitro groups is 1. The normalized spacial score (nSPS) is 11.1. The third kappa shape index (κ3) is 2.84. The number of rotatable bonds is 5. The SMILES string of the molecule is NNc1cc(S(=O)(=O)Nc2nccs2)ccc1[N+](=O)[O-]. The highest BCUT2D eigenvalue weighted by atomic mass is 32.2. The first kappa shape index (κ1) is 14.2. The number of anilines is 2. The molecule has 0 spiro atoms. The number of nitro benzene ring substituents is 1. The fraction of sp³-hybridized carbons (Fsp3) is 0. The van der Waals surface area contributed by atoms with E-state index in [1.54, 1.807) is 5.38 Å². The van der Waals surface area contributed by atoms with Gasteiger partial charge >= 0.3 is 0 Å². The lowest BCUT2D eigenvalue weighted by Gasteiger charge is -2.07. The highest BCUT2D eigenvalue weighted by Gasteiger charge is 2.20. The molecule has 11 heteroatoms. The molecule has 1 heterocycles. The van der Waals surface area contributed by atoms with Crippen molar-refractivity contribution in [3.63, 3.8) is 0 Å². The number of thiazole rings is 1. The molecular weight excluding hydrogens is 306 g/mol. The second-order valence-corrected chi connectivity index (χ2v) is 6.10. The van der Waals surface area contributed by atoms with Crippen LogP contribution >= 0.6 is 11.3 Å². The van der Waals surface area contributed by atoms with Gasteiger partial charge in [0.15, 0.2) is 5.13 Å². The fourth-order valence-corrected chi connectivity index (χ4v) is 3.22. The van der Waals surface area contributed by atoms with E-state index in [9.17, 15) is 18.5 Å². The average Bonchev–Trinajstić information content (AvgIpc) is 2.89. The Labute approximate surface area is 117 Å². The molecule has 2 rings (SSSR count). The van der Waals surface area contributed by atoms with E-state index in [0.717, 1.165) is 29.5 Å². The van der Waals surface area contributed by atoms with E-state index < -0.39 is 14.9 Å². The molecule has 0 unspecified atom stereocenters. The van der Waals surface area contributed by atoms with Gasteiger partial charge in [0.05, 0.1) is 9.82 Å². The van der Waals surface area contributed by atoms with Crippen LogP contribution in [0.2, 0.25) is 0 Å². The standard InChI is InChI=1S/C9H9N5O4S2/c10-12-7-5-6(1-2-8(7)14(15)16)20(17,18)13-9-11-3-4-19-9/h1-5,12H,10H2,(H,11,13). The summed E-state index contributed by atoms with van der Waals surface area (Å²) in [5, 5.41) is 12.5. The number of hydrogen-bond donors (Lipinski definition) is 3. The fourth-order valence-electron chi connectivity index (χ4n) is 1.40. The van der Waals surface area contributed by atoms with E-state index in [0.29, 0.717) is 0 Å². The van der Waals surface area contributed by atoms with Crippen LogP contribution < -0.4 is 16.0 Å². The Morgan fingerprint density at radius 1 is 1.40 bits per heavy atom. The minimum Gasteiger partial charge on any atom is -0.318 e. The second-order valence-electron chi connectivity index (χ2n) is 3.52. The Hall–Kier alpha value is -2.24. The summed E-state index contributed by atoms with van der Waals surface area (Å²) in [6.45, 7) is 0. The van der Waals surface area contributed by atoms with Crippen molar-refractivity contribution in [3.8, 4) is 0 Å². The lowest BCUT2D eigenvalue weighted by molar-refractivity contribution is -0.384. The molecule has 0 saturated carbocycles. The van der Waals surface area contributed by atoms with Crippen LogP contribution in [0.1, 0.15) is 0 Å². The van der Waals surface area contributed by atoms with Gasteiger partial charge in [0.1, 0.15) is 5.69 Å². The first-order valence-corrected chi connectivity index (χ1v) is 7.47. The lowest BCUT2D eigenvalue weighted by atomic mass is 10.3. The third-order valence-electron chi connectivity index (χ3n) is 2.28. The van der Waals surface area contributed by atoms with Crippen molar-refractivity contribution < 1.29 is 13.3 Å². The van der Waals surface area contributed by atoms with Gasteiger partial charge in [-0.3, -0.25) is 20.7 Å². The van der Waals surface area contributed by atoms with Crippen molar-refractivity contribution in [2.75, 3.05) is 10.1 Å². The molecule has 0 bridgehead atoms. The molecule has 0 fully saturated rings. The van der Waals surface area contributed by atoms with Crippen molar-refractivity contribution in [1.82, 2.24) is 4.98 Å². The number of aromatic nitrogens is 1. The van der Waals surface area contributed by atoms with Crippen LogP contribution in [-0.4, -0.2) is 18.3 Å². The summed E-state index contributed by atoms with van der Waals surface area (Å²) in [7, 11) is -3.88. The lowest BCUT2D eigenvalue weighted by Crippen LogP contribution is -2.15. The summed E-state index contributed by atoms with van der Waals surface area (Å²) in [5.41, 5.74) is 1.68. The number of hydrogen-bond acceptors (Lipinski definition) is 8. The van der Waals surface area contributed by atoms with E-state index in [2.05, 4.69) is 15.1 Å². The number of nitrogens with two attached hydrogens (primary N) is 1. The minimum atomic E-state index is -3.88. The van der Waals surface area contributed by atoms with Crippen molar-refractivity contribution in [1.29, 1.82) is 0 Å². The van der Waals surface area contributed by atoms with Gasteiger partial charge in [0, 0.05) is 17.6 Å². The number of hydrazine groups is 1. The predicted molar refractivity (Wildman–Crippen MR) is 73.8 cm³/mol. The maximum Gasteiger partial charge on any atom is 0.293 e. The van der Waals surface area contributed by atoms with E-state index in [1.165, 1.54) is 6.20 Å². The number of nitrogens with zero attached hydrogens (tertiary/aromatic N) is 2. The van der Waals surface area contributed by atoms with Gasteiger partial charge in [-0.1, -0.05) is 0 Å². The van der Waals surface area contributed by atoms with Crippen molar-refractivity contribution in [2.24, 2.45) is 5.84 Å². The molecule has 20 heavy (non-hydrogen) atoms. The molecular formula is C9H9N5O4S2. The molecule has 0 aliphatic carbocycles. The molecule has 0 atom stereocenters. The minimum absolute atomic E-state index is 0.1000. The molecule has 0 radical (unpaired) electrons. The summed E-state index contributed by atoms with van der Waals surface area (Å²) < 4.78 is 26.4. The Kier molecular flexibility index (Phi) is 3.83. The molecule has 106 valence electrons. The first-order chi connectivity index (χ1) is 9.44. The maximum atomic E-state index is 12.1. The predicted octanol–water partition coefficient (Wildman–Crippen LogP) is 1.14. The average molecular weight is 315 g/mol. The number of benzene rings is 1. The van der Waals surface area contributed by atoms with E-state index in [4.69, 9.17) is 5.84 Å². The molecule has 4 N–H and O–H groups in total. The molecule has 0 aliphatic heterocycles. The zero-order valence-electron chi connectivity index (χ0n) is 9.81. The van der Waals surface area contributed by atoms with Gasteiger partial charge in [0.2, 0.25) is 0 Å². The van der Waals surface area contributed by atoms with Gasteiger partial charge in [0.25, 0.3) is 15.7 Å². The summed E-state index contributed by atoms with van der Waals surface area (Å²) in [4.78, 5) is 13.7. The zero-order chi connectivity index (χ0) is 14.8. The monoisotopic (exact) mass is 315 g/mol. The number of nitrogen functional groups attached to an aromatic ring is 1. The zero-order valence-corrected chi connectivity index (χ0v) is 11.4. The largest absolute Gasteiger partial charge is 0.318 e. The highest BCUT2D eigenvalue weighted by Crippen LogP contribution is 2.27. The first-order valence-electron chi connectivity index (χ1n) is 5.11. The van der Waals surface area contributed by atoms with E-state index in [1.807, 2.05) is 0 Å².